The number of anilines is 1. The number of aromatic nitrogens is 1. The van der Waals surface area contributed by atoms with Gasteiger partial charge in [0.2, 0.25) is 0 Å². The van der Waals surface area contributed by atoms with E-state index < -0.39 is 6.36 Å². The van der Waals surface area contributed by atoms with Crippen LogP contribution < -0.4 is 9.64 Å². The molecular weight excluding hydrogens is 341 g/mol. The zero-order valence-electron chi connectivity index (χ0n) is 14.6. The van der Waals surface area contributed by atoms with Crippen LogP contribution in [0.3, 0.4) is 0 Å². The molecule has 0 saturated carbocycles. The van der Waals surface area contributed by atoms with Crippen LogP contribution in [-0.2, 0) is 6.42 Å². The SMILES string of the molecule is FC(F)(F)Oc1ccc(CCCC2CCN(c3ccccn3)CC2)cc1. The third-order valence-electron chi connectivity index (χ3n) is 4.82. The summed E-state index contributed by atoms with van der Waals surface area (Å²) in [5.74, 6) is 1.60. The topological polar surface area (TPSA) is 25.4 Å². The van der Waals surface area contributed by atoms with Crippen molar-refractivity contribution in [2.75, 3.05) is 18.0 Å². The lowest BCUT2D eigenvalue weighted by Gasteiger charge is -2.32. The minimum atomic E-state index is -4.63. The van der Waals surface area contributed by atoms with Crippen LogP contribution in [0, 0.1) is 5.92 Å². The lowest BCUT2D eigenvalue weighted by molar-refractivity contribution is -0.274. The highest BCUT2D eigenvalue weighted by Crippen LogP contribution is 2.26. The predicted octanol–water partition coefficient (Wildman–Crippen LogP) is 5.22. The predicted molar refractivity (Wildman–Crippen MR) is 95.2 cm³/mol. The van der Waals surface area contributed by atoms with E-state index in [4.69, 9.17) is 0 Å². The Hall–Kier alpha value is -2.24. The summed E-state index contributed by atoms with van der Waals surface area (Å²) in [6.07, 6.45) is 2.60. The number of rotatable bonds is 6. The number of halogens is 3. The van der Waals surface area contributed by atoms with Crippen molar-refractivity contribution in [3.05, 3.63) is 54.2 Å². The molecule has 0 radical (unpaired) electrons. The molecule has 1 aliphatic rings. The third kappa shape index (κ3) is 5.64. The summed E-state index contributed by atoms with van der Waals surface area (Å²) in [5.41, 5.74) is 1.05. The van der Waals surface area contributed by atoms with Gasteiger partial charge in [-0.25, -0.2) is 4.98 Å². The van der Waals surface area contributed by atoms with Gasteiger partial charge in [0.05, 0.1) is 0 Å². The molecular formula is C20H23F3N2O. The first kappa shape index (κ1) is 18.5. The second-order valence-electron chi connectivity index (χ2n) is 6.70. The van der Waals surface area contributed by atoms with Gasteiger partial charge in [-0.2, -0.15) is 0 Å². The first-order valence-electron chi connectivity index (χ1n) is 9.00. The molecule has 3 rings (SSSR count). The molecule has 0 unspecified atom stereocenters. The molecule has 1 aliphatic heterocycles. The number of pyridine rings is 1. The molecule has 1 saturated heterocycles. The highest BCUT2D eigenvalue weighted by molar-refractivity contribution is 5.37. The summed E-state index contributed by atoms with van der Waals surface area (Å²) < 4.78 is 40.4. The highest BCUT2D eigenvalue weighted by Gasteiger charge is 2.30. The zero-order valence-corrected chi connectivity index (χ0v) is 14.6. The van der Waals surface area contributed by atoms with Gasteiger partial charge in [-0.3, -0.25) is 0 Å². The number of hydrogen-bond donors (Lipinski definition) is 0. The number of aryl methyl sites for hydroxylation is 1. The normalized spacial score (nSPS) is 15.9. The van der Waals surface area contributed by atoms with E-state index in [-0.39, 0.29) is 5.75 Å². The number of piperidine rings is 1. The van der Waals surface area contributed by atoms with Gasteiger partial charge in [0.25, 0.3) is 0 Å². The van der Waals surface area contributed by atoms with Crippen LogP contribution in [0.15, 0.2) is 48.7 Å². The molecule has 140 valence electrons. The van der Waals surface area contributed by atoms with E-state index in [2.05, 4.69) is 14.6 Å². The molecule has 1 aromatic carbocycles. The number of nitrogens with zero attached hydrogens (tertiary/aromatic N) is 2. The summed E-state index contributed by atoms with van der Waals surface area (Å²) >= 11 is 0. The van der Waals surface area contributed by atoms with Crippen LogP contribution in [0.1, 0.15) is 31.2 Å². The van der Waals surface area contributed by atoms with Gasteiger partial charge in [0.15, 0.2) is 0 Å². The summed E-state index contributed by atoms with van der Waals surface area (Å²) in [6, 6.07) is 12.2. The first-order chi connectivity index (χ1) is 12.5. The van der Waals surface area contributed by atoms with Crippen molar-refractivity contribution in [1.29, 1.82) is 0 Å². The quantitative estimate of drug-likeness (QED) is 0.703. The van der Waals surface area contributed by atoms with Crippen LogP contribution in [0.2, 0.25) is 0 Å². The fourth-order valence-corrected chi connectivity index (χ4v) is 3.44. The molecule has 0 atom stereocenters. The smallest absolute Gasteiger partial charge is 0.406 e. The summed E-state index contributed by atoms with van der Waals surface area (Å²) in [5, 5.41) is 0. The monoisotopic (exact) mass is 364 g/mol. The largest absolute Gasteiger partial charge is 0.573 e. The Morgan fingerprint density at radius 1 is 1.04 bits per heavy atom. The minimum absolute atomic E-state index is 0.164. The molecule has 3 nitrogen and oxygen atoms in total. The number of benzene rings is 1. The lowest BCUT2D eigenvalue weighted by Crippen LogP contribution is -2.34. The second kappa shape index (κ2) is 8.43. The molecule has 1 fully saturated rings. The van der Waals surface area contributed by atoms with Crippen LogP contribution in [-0.4, -0.2) is 24.4 Å². The molecule has 26 heavy (non-hydrogen) atoms. The van der Waals surface area contributed by atoms with Gasteiger partial charge in [-0.1, -0.05) is 18.2 Å². The average Bonchev–Trinajstić information content (AvgIpc) is 2.63. The summed E-state index contributed by atoms with van der Waals surface area (Å²) in [7, 11) is 0. The Balaban J connectivity index is 1.38. The first-order valence-corrected chi connectivity index (χ1v) is 9.00. The Morgan fingerprint density at radius 3 is 2.38 bits per heavy atom. The van der Waals surface area contributed by atoms with E-state index in [1.807, 2.05) is 24.4 Å². The lowest BCUT2D eigenvalue weighted by atomic mass is 9.91. The van der Waals surface area contributed by atoms with E-state index in [0.717, 1.165) is 56.6 Å². The molecule has 6 heteroatoms. The van der Waals surface area contributed by atoms with Crippen molar-refractivity contribution < 1.29 is 17.9 Å². The minimum Gasteiger partial charge on any atom is -0.406 e. The van der Waals surface area contributed by atoms with Gasteiger partial charge >= 0.3 is 6.36 Å². The summed E-state index contributed by atoms with van der Waals surface area (Å²) in [4.78, 5) is 6.73. The maximum Gasteiger partial charge on any atom is 0.573 e. The Bertz CT molecular complexity index is 666. The van der Waals surface area contributed by atoms with Crippen molar-refractivity contribution in [1.82, 2.24) is 4.98 Å². The molecule has 1 aromatic heterocycles. The molecule has 0 aliphatic carbocycles. The van der Waals surface area contributed by atoms with Crippen molar-refractivity contribution in [3.63, 3.8) is 0 Å². The highest BCUT2D eigenvalue weighted by atomic mass is 19.4. The molecule has 2 heterocycles. The Kier molecular flexibility index (Phi) is 6.01. The Labute approximate surface area is 151 Å². The van der Waals surface area contributed by atoms with Crippen LogP contribution in [0.5, 0.6) is 5.75 Å². The third-order valence-corrected chi connectivity index (χ3v) is 4.82. The van der Waals surface area contributed by atoms with Crippen LogP contribution in [0.4, 0.5) is 19.0 Å². The summed E-state index contributed by atoms with van der Waals surface area (Å²) in [6.45, 7) is 2.07. The fraction of sp³-hybridized carbons (Fsp3) is 0.450. The number of alkyl halides is 3. The maximum absolute atomic E-state index is 12.2. The Morgan fingerprint density at radius 2 is 1.77 bits per heavy atom. The van der Waals surface area contributed by atoms with Crippen LogP contribution >= 0.6 is 0 Å². The van der Waals surface area contributed by atoms with Gasteiger partial charge < -0.3 is 9.64 Å². The van der Waals surface area contributed by atoms with Gasteiger partial charge in [0, 0.05) is 19.3 Å². The van der Waals surface area contributed by atoms with E-state index in [1.165, 1.54) is 12.1 Å². The fourth-order valence-electron chi connectivity index (χ4n) is 3.44. The molecule has 0 spiro atoms. The van der Waals surface area contributed by atoms with E-state index >= 15 is 0 Å². The standard InChI is InChI=1S/C20H23F3N2O/c21-20(22,23)26-18-9-7-16(8-10-18)4-3-5-17-11-14-25(15-12-17)19-6-1-2-13-24-19/h1-2,6-10,13,17H,3-5,11-12,14-15H2. The van der Waals surface area contributed by atoms with Crippen molar-refractivity contribution in [2.45, 2.75) is 38.5 Å². The zero-order chi connectivity index (χ0) is 18.4. The molecule has 2 aromatic rings. The molecule has 0 amide bonds. The van der Waals surface area contributed by atoms with E-state index in [0.29, 0.717) is 5.92 Å². The number of ether oxygens (including phenoxy) is 1. The van der Waals surface area contributed by atoms with Crippen molar-refractivity contribution >= 4 is 5.82 Å². The van der Waals surface area contributed by atoms with Crippen molar-refractivity contribution in [2.24, 2.45) is 5.92 Å². The van der Waals surface area contributed by atoms with Gasteiger partial charge in [-0.15, -0.1) is 13.2 Å². The van der Waals surface area contributed by atoms with E-state index in [9.17, 15) is 13.2 Å². The molecule has 0 bridgehead atoms. The average molecular weight is 364 g/mol. The van der Waals surface area contributed by atoms with Crippen molar-refractivity contribution in [3.8, 4) is 5.75 Å². The van der Waals surface area contributed by atoms with Gasteiger partial charge in [-0.05, 0) is 67.9 Å². The maximum atomic E-state index is 12.2. The van der Waals surface area contributed by atoms with E-state index in [1.54, 1.807) is 12.1 Å². The van der Waals surface area contributed by atoms with Gasteiger partial charge in [0.1, 0.15) is 11.6 Å². The molecule has 0 N–H and O–H groups in total. The number of hydrogen-bond acceptors (Lipinski definition) is 3. The van der Waals surface area contributed by atoms with Crippen LogP contribution in [0.25, 0.3) is 0 Å². The second-order valence-corrected chi connectivity index (χ2v) is 6.70.